The quantitative estimate of drug-likeness (QED) is 0.762. The Kier molecular flexibility index (Phi) is 5.49. The first kappa shape index (κ1) is 18.1. The molecule has 146 valence electrons. The average Bonchev–Trinajstić information content (AvgIpc) is 3.09. The summed E-state index contributed by atoms with van der Waals surface area (Å²) in [6, 6.07) is 1.89. The third-order valence-electron chi connectivity index (χ3n) is 5.49. The van der Waals surface area contributed by atoms with Gasteiger partial charge >= 0.3 is 0 Å². The van der Waals surface area contributed by atoms with Crippen LogP contribution in [0.25, 0.3) is 0 Å². The highest BCUT2D eigenvalue weighted by Gasteiger charge is 2.26. The van der Waals surface area contributed by atoms with Crippen LogP contribution in [0.4, 0.5) is 5.82 Å². The standard InChI is InChI=1S/C18H27N7O2/c1-23-16(12-24-7-9-27-10-8-24)21-22-18(23)14-3-5-25(6-4-14)15-11-17(26-2)20-13-19-15/h11,13-14H,3-10,12H2,1-2H3. The molecule has 9 heteroatoms. The van der Waals surface area contributed by atoms with E-state index in [0.717, 1.165) is 76.2 Å². The fraction of sp³-hybridized carbons (Fsp3) is 0.667. The van der Waals surface area contributed by atoms with Crippen molar-refractivity contribution in [1.29, 1.82) is 0 Å². The molecular formula is C18H27N7O2. The van der Waals surface area contributed by atoms with E-state index in [1.807, 2.05) is 6.07 Å². The summed E-state index contributed by atoms with van der Waals surface area (Å²) in [5, 5.41) is 8.99. The summed E-state index contributed by atoms with van der Waals surface area (Å²) in [5.74, 6) is 4.09. The maximum atomic E-state index is 5.42. The van der Waals surface area contributed by atoms with E-state index in [-0.39, 0.29) is 0 Å². The number of rotatable bonds is 5. The molecule has 0 N–H and O–H groups in total. The van der Waals surface area contributed by atoms with Gasteiger partial charge in [0.1, 0.15) is 23.8 Å². The van der Waals surface area contributed by atoms with Gasteiger partial charge in [-0.1, -0.05) is 0 Å². The predicted octanol–water partition coefficient (Wildman–Crippen LogP) is 0.830. The second kappa shape index (κ2) is 8.18. The molecule has 0 radical (unpaired) electrons. The number of hydrogen-bond donors (Lipinski definition) is 0. The van der Waals surface area contributed by atoms with Gasteiger partial charge in [-0.25, -0.2) is 9.97 Å². The van der Waals surface area contributed by atoms with Crippen LogP contribution >= 0.6 is 0 Å². The molecule has 0 spiro atoms. The highest BCUT2D eigenvalue weighted by molar-refractivity contribution is 5.41. The van der Waals surface area contributed by atoms with Crippen molar-refractivity contribution in [3.8, 4) is 5.88 Å². The van der Waals surface area contributed by atoms with Gasteiger partial charge in [0.2, 0.25) is 5.88 Å². The zero-order chi connectivity index (χ0) is 18.6. The summed E-state index contributed by atoms with van der Waals surface area (Å²) in [6.07, 6.45) is 3.63. The van der Waals surface area contributed by atoms with Gasteiger partial charge in [-0.15, -0.1) is 10.2 Å². The Bertz CT molecular complexity index is 752. The minimum absolute atomic E-state index is 0.431. The van der Waals surface area contributed by atoms with Crippen LogP contribution in [0.5, 0.6) is 5.88 Å². The average molecular weight is 373 g/mol. The second-order valence-corrected chi connectivity index (χ2v) is 7.10. The third kappa shape index (κ3) is 4.03. The molecule has 0 saturated carbocycles. The van der Waals surface area contributed by atoms with Crippen molar-refractivity contribution in [1.82, 2.24) is 29.6 Å². The molecule has 2 fully saturated rings. The van der Waals surface area contributed by atoms with Crippen molar-refractivity contribution in [2.24, 2.45) is 7.05 Å². The molecule has 0 amide bonds. The molecular weight excluding hydrogens is 346 g/mol. The molecule has 9 nitrogen and oxygen atoms in total. The van der Waals surface area contributed by atoms with Crippen LogP contribution < -0.4 is 9.64 Å². The monoisotopic (exact) mass is 373 g/mol. The van der Waals surface area contributed by atoms with Gasteiger partial charge in [-0.3, -0.25) is 4.90 Å². The lowest BCUT2D eigenvalue weighted by Crippen LogP contribution is -2.36. The Balaban J connectivity index is 1.38. The molecule has 2 aliphatic heterocycles. The van der Waals surface area contributed by atoms with E-state index in [2.05, 4.69) is 41.6 Å². The van der Waals surface area contributed by atoms with Crippen molar-refractivity contribution in [2.75, 3.05) is 51.4 Å². The molecule has 0 aliphatic carbocycles. The van der Waals surface area contributed by atoms with E-state index in [4.69, 9.17) is 9.47 Å². The smallest absolute Gasteiger partial charge is 0.218 e. The van der Waals surface area contributed by atoms with Gasteiger partial charge in [-0.05, 0) is 12.8 Å². The molecule has 2 aliphatic rings. The minimum atomic E-state index is 0.431. The number of anilines is 1. The fourth-order valence-electron chi connectivity index (χ4n) is 3.81. The van der Waals surface area contributed by atoms with Gasteiger partial charge in [0.15, 0.2) is 0 Å². The van der Waals surface area contributed by atoms with Crippen LogP contribution in [-0.2, 0) is 18.3 Å². The normalized spacial score (nSPS) is 19.4. The van der Waals surface area contributed by atoms with E-state index in [9.17, 15) is 0 Å². The summed E-state index contributed by atoms with van der Waals surface area (Å²) in [6.45, 7) is 6.25. The van der Waals surface area contributed by atoms with Crippen molar-refractivity contribution in [3.63, 3.8) is 0 Å². The summed E-state index contributed by atoms with van der Waals surface area (Å²) in [7, 11) is 3.72. The van der Waals surface area contributed by atoms with E-state index in [1.54, 1.807) is 13.4 Å². The third-order valence-corrected chi connectivity index (χ3v) is 5.49. The van der Waals surface area contributed by atoms with Crippen LogP contribution in [0.1, 0.15) is 30.4 Å². The highest BCUT2D eigenvalue weighted by Crippen LogP contribution is 2.29. The van der Waals surface area contributed by atoms with Crippen LogP contribution in [0.2, 0.25) is 0 Å². The topological polar surface area (TPSA) is 81.4 Å². The molecule has 4 rings (SSSR count). The minimum Gasteiger partial charge on any atom is -0.481 e. The first-order valence-corrected chi connectivity index (χ1v) is 9.54. The molecule has 27 heavy (non-hydrogen) atoms. The number of morpholine rings is 1. The SMILES string of the molecule is COc1cc(N2CCC(c3nnc(CN4CCOCC4)n3C)CC2)ncn1. The predicted molar refractivity (Wildman–Crippen MR) is 99.9 cm³/mol. The van der Waals surface area contributed by atoms with Crippen molar-refractivity contribution in [2.45, 2.75) is 25.3 Å². The summed E-state index contributed by atoms with van der Waals surface area (Å²) in [4.78, 5) is 13.1. The van der Waals surface area contributed by atoms with Gasteiger partial charge in [0, 0.05) is 45.2 Å². The van der Waals surface area contributed by atoms with Crippen molar-refractivity contribution < 1.29 is 9.47 Å². The van der Waals surface area contributed by atoms with Gasteiger partial charge < -0.3 is 18.9 Å². The maximum absolute atomic E-state index is 5.42. The molecule has 0 aromatic carbocycles. The first-order valence-electron chi connectivity index (χ1n) is 9.54. The summed E-state index contributed by atoms with van der Waals surface area (Å²) < 4.78 is 12.8. The molecule has 0 unspecified atom stereocenters. The van der Waals surface area contributed by atoms with Crippen LogP contribution in [0.15, 0.2) is 12.4 Å². The molecule has 0 atom stereocenters. The summed E-state index contributed by atoms with van der Waals surface area (Å²) >= 11 is 0. The molecule has 0 bridgehead atoms. The Labute approximate surface area is 159 Å². The number of aromatic nitrogens is 5. The molecule has 2 aromatic heterocycles. The van der Waals surface area contributed by atoms with E-state index >= 15 is 0 Å². The largest absolute Gasteiger partial charge is 0.481 e. The lowest BCUT2D eigenvalue weighted by molar-refractivity contribution is 0.0326. The zero-order valence-electron chi connectivity index (χ0n) is 16.0. The number of piperidine rings is 1. The number of hydrogen-bond acceptors (Lipinski definition) is 8. The highest BCUT2D eigenvalue weighted by atomic mass is 16.5. The van der Waals surface area contributed by atoms with Crippen molar-refractivity contribution >= 4 is 5.82 Å². The summed E-state index contributed by atoms with van der Waals surface area (Å²) in [5.41, 5.74) is 0. The van der Waals surface area contributed by atoms with Crippen molar-refractivity contribution in [3.05, 3.63) is 24.0 Å². The van der Waals surface area contributed by atoms with E-state index in [1.165, 1.54) is 0 Å². The zero-order valence-corrected chi connectivity index (χ0v) is 16.0. The Hall–Kier alpha value is -2.26. The lowest BCUT2D eigenvalue weighted by Gasteiger charge is -2.32. The Morgan fingerprint density at radius 1 is 1.11 bits per heavy atom. The molecule has 2 aromatic rings. The first-order chi connectivity index (χ1) is 13.2. The Morgan fingerprint density at radius 2 is 1.89 bits per heavy atom. The maximum Gasteiger partial charge on any atom is 0.218 e. The number of ether oxygens (including phenoxy) is 2. The van der Waals surface area contributed by atoms with E-state index in [0.29, 0.717) is 11.8 Å². The number of methoxy groups -OCH3 is 1. The van der Waals surface area contributed by atoms with Crippen LogP contribution in [-0.4, -0.2) is 76.1 Å². The van der Waals surface area contributed by atoms with Crippen LogP contribution in [0.3, 0.4) is 0 Å². The Morgan fingerprint density at radius 3 is 2.63 bits per heavy atom. The second-order valence-electron chi connectivity index (χ2n) is 7.10. The van der Waals surface area contributed by atoms with Gasteiger partial charge in [0.25, 0.3) is 0 Å². The van der Waals surface area contributed by atoms with Gasteiger partial charge in [-0.2, -0.15) is 0 Å². The molecule has 2 saturated heterocycles. The lowest BCUT2D eigenvalue weighted by atomic mass is 9.96. The van der Waals surface area contributed by atoms with Gasteiger partial charge in [0.05, 0.1) is 26.9 Å². The number of nitrogens with zero attached hydrogens (tertiary/aromatic N) is 7. The molecule has 4 heterocycles. The van der Waals surface area contributed by atoms with E-state index < -0.39 is 0 Å². The fourth-order valence-corrected chi connectivity index (χ4v) is 3.81. The van der Waals surface area contributed by atoms with Crippen LogP contribution in [0, 0.1) is 0 Å².